The van der Waals surface area contributed by atoms with Crippen molar-refractivity contribution in [2.45, 2.75) is 70.7 Å². The highest BCUT2D eigenvalue weighted by molar-refractivity contribution is 5.92. The van der Waals surface area contributed by atoms with E-state index < -0.39 is 41.8 Å². The molecule has 5 aromatic rings. The molecular formula is C43H50N6O5. The Bertz CT molecular complexity index is 1950. The summed E-state index contributed by atoms with van der Waals surface area (Å²) in [6.45, 7) is 4.49. The number of hydrogen-bond acceptors (Lipinski definition) is 6. The third-order valence-corrected chi connectivity index (χ3v) is 9.35. The first-order chi connectivity index (χ1) is 26.2. The van der Waals surface area contributed by atoms with Gasteiger partial charge in [0.2, 0.25) is 17.7 Å². The maximum Gasteiger partial charge on any atom is 0.251 e. The van der Waals surface area contributed by atoms with Gasteiger partial charge in [-0.25, -0.2) is 4.98 Å². The molecule has 6 N–H and O–H groups in total. The third-order valence-electron chi connectivity index (χ3n) is 9.35. The summed E-state index contributed by atoms with van der Waals surface area (Å²) in [5, 5.41) is 24.7. The predicted octanol–water partition coefficient (Wildman–Crippen LogP) is 4.41. The van der Waals surface area contributed by atoms with Gasteiger partial charge in [-0.3, -0.25) is 19.2 Å². The largest absolute Gasteiger partial charge is 0.381 e. The zero-order valence-electron chi connectivity index (χ0n) is 30.8. The summed E-state index contributed by atoms with van der Waals surface area (Å²) in [5.41, 5.74) is 3.46. The quantitative estimate of drug-likeness (QED) is 0.0737. The smallest absolute Gasteiger partial charge is 0.251 e. The van der Waals surface area contributed by atoms with E-state index in [9.17, 15) is 24.3 Å². The molecule has 4 aromatic carbocycles. The van der Waals surface area contributed by atoms with Gasteiger partial charge < -0.3 is 31.4 Å². The van der Waals surface area contributed by atoms with Gasteiger partial charge in [0.15, 0.2) is 6.10 Å². The van der Waals surface area contributed by atoms with Crippen molar-refractivity contribution in [2.75, 3.05) is 6.54 Å². The molecule has 0 radical (unpaired) electrons. The summed E-state index contributed by atoms with van der Waals surface area (Å²) in [4.78, 5) is 61.9. The van der Waals surface area contributed by atoms with Crippen molar-refractivity contribution in [3.05, 3.63) is 138 Å². The fourth-order valence-electron chi connectivity index (χ4n) is 6.53. The van der Waals surface area contributed by atoms with Crippen LogP contribution in [0.3, 0.4) is 0 Å². The van der Waals surface area contributed by atoms with Crippen LogP contribution in [0.5, 0.6) is 0 Å². The Morgan fingerprint density at radius 3 is 2.13 bits per heavy atom. The lowest BCUT2D eigenvalue weighted by Gasteiger charge is -2.28. The van der Waals surface area contributed by atoms with Crippen molar-refractivity contribution in [1.82, 2.24) is 31.2 Å². The number of aromatic nitrogens is 2. The second-order valence-corrected chi connectivity index (χ2v) is 14.1. The Kier molecular flexibility index (Phi) is 14.5. The van der Waals surface area contributed by atoms with Gasteiger partial charge in [0.1, 0.15) is 6.04 Å². The third kappa shape index (κ3) is 11.9. The minimum Gasteiger partial charge on any atom is -0.381 e. The van der Waals surface area contributed by atoms with Crippen LogP contribution in [0.2, 0.25) is 0 Å². The number of nitrogens with one attached hydrogen (secondary N) is 5. The molecule has 4 amide bonds. The number of carbonyl (C=O) groups is 4. The molecule has 1 heterocycles. The van der Waals surface area contributed by atoms with Crippen molar-refractivity contribution in [3.63, 3.8) is 0 Å². The molecule has 0 spiro atoms. The van der Waals surface area contributed by atoms with Crippen molar-refractivity contribution in [2.24, 2.45) is 11.8 Å². The maximum absolute atomic E-state index is 14.3. The zero-order chi connectivity index (χ0) is 38.3. The second-order valence-electron chi connectivity index (χ2n) is 14.1. The average Bonchev–Trinajstić information content (AvgIpc) is 3.70. The number of nitrogens with zero attached hydrogens (tertiary/aromatic N) is 1. The van der Waals surface area contributed by atoms with Gasteiger partial charge in [-0.1, -0.05) is 117 Å². The number of aliphatic hydroxyl groups excluding tert-OH is 1. The fraction of sp³-hybridized carbons (Fsp3) is 0.326. The van der Waals surface area contributed by atoms with Crippen LogP contribution in [0, 0.1) is 11.8 Å². The lowest BCUT2D eigenvalue weighted by atomic mass is 9.91. The van der Waals surface area contributed by atoms with E-state index in [0.29, 0.717) is 25.1 Å². The molecule has 282 valence electrons. The van der Waals surface area contributed by atoms with Gasteiger partial charge in [-0.2, -0.15) is 0 Å². The molecule has 0 saturated carbocycles. The van der Waals surface area contributed by atoms with Crippen LogP contribution in [-0.2, 0) is 45.0 Å². The summed E-state index contributed by atoms with van der Waals surface area (Å²) in [6.07, 6.45) is 2.69. The minimum absolute atomic E-state index is 0.0259. The van der Waals surface area contributed by atoms with Crippen LogP contribution in [0.4, 0.5) is 0 Å². The SMILES string of the molecule is CC(C)C[C@H](NC(=O)[C@H](Cc1cnc[nH]1)NC(=O)C(CC(=O)NCCc1ccccc1)Cc1cccc2ccccc12)C(O)C(=O)NCc1ccccc1. The topological polar surface area (TPSA) is 165 Å². The van der Waals surface area contributed by atoms with E-state index in [-0.39, 0.29) is 37.6 Å². The number of rotatable bonds is 19. The molecule has 0 aliphatic carbocycles. The highest BCUT2D eigenvalue weighted by Crippen LogP contribution is 2.23. The van der Waals surface area contributed by atoms with Crippen LogP contribution in [0.1, 0.15) is 49.1 Å². The van der Waals surface area contributed by atoms with E-state index in [4.69, 9.17) is 0 Å². The number of carbonyl (C=O) groups excluding carboxylic acids is 4. The van der Waals surface area contributed by atoms with Gasteiger partial charge in [-0.15, -0.1) is 0 Å². The molecule has 54 heavy (non-hydrogen) atoms. The lowest BCUT2D eigenvalue weighted by molar-refractivity contribution is -0.135. The van der Waals surface area contributed by atoms with Crippen LogP contribution < -0.4 is 21.3 Å². The Morgan fingerprint density at radius 2 is 1.43 bits per heavy atom. The molecule has 11 nitrogen and oxygen atoms in total. The Balaban J connectivity index is 1.33. The molecule has 4 atom stereocenters. The van der Waals surface area contributed by atoms with Crippen molar-refractivity contribution in [1.29, 1.82) is 0 Å². The minimum atomic E-state index is -1.54. The van der Waals surface area contributed by atoms with Crippen molar-refractivity contribution >= 4 is 34.4 Å². The first-order valence-electron chi connectivity index (χ1n) is 18.5. The van der Waals surface area contributed by atoms with Crippen LogP contribution >= 0.6 is 0 Å². The number of aromatic amines is 1. The average molecular weight is 731 g/mol. The number of H-pyrrole nitrogens is 1. The standard InChI is InChI=1S/C43H50N6O5/c1-29(2)22-37(40(51)43(54)46-26-31-14-7-4-8-15-31)48-42(53)38(25-35-27-44-28-47-35)49-41(52)34(23-33-18-11-17-32-16-9-10-19-36(32)33)24-39(50)45-21-20-30-12-5-3-6-13-30/h3-19,27-29,34,37-38,40,51H,20-26H2,1-2H3,(H,44,47)(H,45,50)(H,46,54)(H,48,53)(H,49,52)/t34?,37-,38-,40?/m0/s1. The first-order valence-corrected chi connectivity index (χ1v) is 18.5. The van der Waals surface area contributed by atoms with Crippen LogP contribution in [0.15, 0.2) is 116 Å². The summed E-state index contributed by atoms with van der Waals surface area (Å²) in [5.74, 6) is -2.73. The Morgan fingerprint density at radius 1 is 0.741 bits per heavy atom. The monoisotopic (exact) mass is 730 g/mol. The Hall–Kier alpha value is -5.81. The van der Waals surface area contributed by atoms with Crippen LogP contribution in [0.25, 0.3) is 10.8 Å². The zero-order valence-corrected chi connectivity index (χ0v) is 30.8. The second kappa shape index (κ2) is 19.9. The van der Waals surface area contributed by atoms with Crippen molar-refractivity contribution in [3.8, 4) is 0 Å². The summed E-state index contributed by atoms with van der Waals surface area (Å²) in [6, 6.07) is 30.9. The summed E-state index contributed by atoms with van der Waals surface area (Å²) >= 11 is 0. The van der Waals surface area contributed by atoms with Gasteiger partial charge in [0.05, 0.1) is 18.3 Å². The fourth-order valence-corrected chi connectivity index (χ4v) is 6.53. The lowest BCUT2D eigenvalue weighted by Crippen LogP contribution is -2.57. The molecule has 1 aromatic heterocycles. The number of aliphatic hydroxyl groups is 1. The number of hydrogen-bond donors (Lipinski definition) is 6. The van der Waals surface area contributed by atoms with Gasteiger partial charge >= 0.3 is 0 Å². The van der Waals surface area contributed by atoms with Crippen molar-refractivity contribution < 1.29 is 24.3 Å². The molecular weight excluding hydrogens is 681 g/mol. The first kappa shape index (κ1) is 39.4. The molecule has 0 saturated heterocycles. The van der Waals surface area contributed by atoms with Gasteiger partial charge in [-0.05, 0) is 52.6 Å². The van der Waals surface area contributed by atoms with E-state index in [2.05, 4.69) is 31.2 Å². The van der Waals surface area contributed by atoms with Crippen LogP contribution in [-0.4, -0.2) is 63.4 Å². The molecule has 0 bridgehead atoms. The number of amides is 4. The molecule has 0 aliphatic rings. The van der Waals surface area contributed by atoms with E-state index in [1.165, 1.54) is 6.33 Å². The number of imidazole rings is 1. The summed E-state index contributed by atoms with van der Waals surface area (Å²) < 4.78 is 0. The maximum atomic E-state index is 14.3. The summed E-state index contributed by atoms with van der Waals surface area (Å²) in [7, 11) is 0. The molecule has 5 rings (SSSR count). The Labute approximate surface area is 316 Å². The normalized spacial score (nSPS) is 13.4. The van der Waals surface area contributed by atoms with E-state index in [0.717, 1.165) is 27.5 Å². The van der Waals surface area contributed by atoms with Gasteiger partial charge in [0, 0.05) is 37.8 Å². The number of fused-ring (bicyclic) bond motifs is 1. The number of benzene rings is 4. The highest BCUT2D eigenvalue weighted by Gasteiger charge is 2.33. The van der Waals surface area contributed by atoms with Gasteiger partial charge in [0.25, 0.3) is 5.91 Å². The molecule has 2 unspecified atom stereocenters. The van der Waals surface area contributed by atoms with E-state index in [1.807, 2.05) is 117 Å². The van der Waals surface area contributed by atoms with E-state index >= 15 is 0 Å². The predicted molar refractivity (Wildman–Crippen MR) is 209 cm³/mol. The molecule has 11 heteroatoms. The molecule has 0 aliphatic heterocycles. The molecule has 0 fully saturated rings. The van der Waals surface area contributed by atoms with E-state index in [1.54, 1.807) is 6.20 Å². The highest BCUT2D eigenvalue weighted by atomic mass is 16.3.